The van der Waals surface area contributed by atoms with Crippen LogP contribution in [0.5, 0.6) is 0 Å². The Bertz CT molecular complexity index is 651. The molecule has 2 aromatic heterocycles. The van der Waals surface area contributed by atoms with Crippen LogP contribution >= 0.6 is 22.7 Å². The van der Waals surface area contributed by atoms with Gasteiger partial charge in [0.25, 0.3) is 5.91 Å². The van der Waals surface area contributed by atoms with Gasteiger partial charge in [-0.3, -0.25) is 10.1 Å². The van der Waals surface area contributed by atoms with Gasteiger partial charge in [-0.2, -0.15) is 0 Å². The Labute approximate surface area is 128 Å². The zero-order valence-electron chi connectivity index (χ0n) is 10.9. The maximum atomic E-state index is 11.7. The van der Waals surface area contributed by atoms with Gasteiger partial charge in [0.1, 0.15) is 5.01 Å². The number of rotatable bonds is 4. The van der Waals surface area contributed by atoms with Gasteiger partial charge in [-0.15, -0.1) is 22.7 Å². The van der Waals surface area contributed by atoms with Crippen LogP contribution in [0.25, 0.3) is 9.88 Å². The lowest BCUT2D eigenvalue weighted by molar-refractivity contribution is -0.123. The number of carbonyl (C=O) groups is 3. The number of thiophene rings is 1. The van der Waals surface area contributed by atoms with Gasteiger partial charge in [0.05, 0.1) is 4.88 Å². The molecule has 0 saturated heterocycles. The number of carbonyl (C=O) groups excluding carboxylic acids is 3. The number of ether oxygens (including phenoxy) is 1. The number of hydrogen-bond donors (Lipinski definition) is 2. The monoisotopic (exact) mass is 325 g/mol. The minimum Gasteiger partial charge on any atom is -0.451 e. The Hall–Kier alpha value is -2.26. The van der Waals surface area contributed by atoms with Crippen molar-refractivity contribution in [3.8, 4) is 9.88 Å². The largest absolute Gasteiger partial charge is 0.451 e. The number of thiazole rings is 1. The van der Waals surface area contributed by atoms with Gasteiger partial charge < -0.3 is 10.1 Å². The van der Waals surface area contributed by atoms with Crippen LogP contribution in [0.1, 0.15) is 10.5 Å². The molecule has 9 heteroatoms. The summed E-state index contributed by atoms with van der Waals surface area (Å²) in [6.45, 7) is -0.544. The average Bonchev–Trinajstić information content (AvgIpc) is 3.14. The molecule has 0 spiro atoms. The van der Waals surface area contributed by atoms with E-state index in [9.17, 15) is 14.4 Å². The van der Waals surface area contributed by atoms with Crippen LogP contribution in [0.3, 0.4) is 0 Å². The summed E-state index contributed by atoms with van der Waals surface area (Å²) in [5.74, 6) is -1.42. The Kier molecular flexibility index (Phi) is 5.01. The lowest BCUT2D eigenvalue weighted by atomic mass is 10.4. The van der Waals surface area contributed by atoms with Crippen molar-refractivity contribution in [2.45, 2.75) is 0 Å². The number of nitrogens with one attached hydrogen (secondary N) is 2. The molecule has 0 aliphatic rings. The predicted octanol–water partition coefficient (Wildman–Crippen LogP) is 1.48. The molecule has 0 bridgehead atoms. The Morgan fingerprint density at radius 3 is 2.81 bits per heavy atom. The minimum atomic E-state index is -0.712. The molecule has 2 rings (SSSR count). The number of amides is 3. The molecule has 2 heterocycles. The molecule has 0 aliphatic heterocycles. The van der Waals surface area contributed by atoms with Gasteiger partial charge in [-0.25, -0.2) is 14.6 Å². The summed E-state index contributed by atoms with van der Waals surface area (Å²) in [6, 6.07) is 3.13. The Morgan fingerprint density at radius 2 is 2.14 bits per heavy atom. The lowest BCUT2D eigenvalue weighted by Crippen LogP contribution is -2.39. The molecule has 2 aromatic rings. The van der Waals surface area contributed by atoms with Crippen molar-refractivity contribution in [1.82, 2.24) is 15.6 Å². The van der Waals surface area contributed by atoms with E-state index >= 15 is 0 Å². The van der Waals surface area contributed by atoms with Gasteiger partial charge >= 0.3 is 12.0 Å². The van der Waals surface area contributed by atoms with Gasteiger partial charge in [0.15, 0.2) is 12.3 Å². The highest BCUT2D eigenvalue weighted by atomic mass is 32.1. The number of urea groups is 1. The van der Waals surface area contributed by atoms with Crippen molar-refractivity contribution in [3.05, 3.63) is 28.6 Å². The first-order valence-corrected chi connectivity index (χ1v) is 7.54. The molecule has 21 heavy (non-hydrogen) atoms. The smallest absolute Gasteiger partial charge is 0.358 e. The first kappa shape index (κ1) is 15.1. The van der Waals surface area contributed by atoms with Crippen molar-refractivity contribution < 1.29 is 19.1 Å². The van der Waals surface area contributed by atoms with E-state index in [1.807, 2.05) is 22.8 Å². The lowest BCUT2D eigenvalue weighted by Gasteiger charge is -2.03. The van der Waals surface area contributed by atoms with Crippen LogP contribution in [0.15, 0.2) is 22.9 Å². The van der Waals surface area contributed by atoms with E-state index in [0.29, 0.717) is 5.01 Å². The van der Waals surface area contributed by atoms with E-state index in [2.05, 4.69) is 10.3 Å². The Balaban J connectivity index is 1.89. The summed E-state index contributed by atoms with van der Waals surface area (Å²) < 4.78 is 4.78. The minimum absolute atomic E-state index is 0.135. The Morgan fingerprint density at radius 1 is 1.33 bits per heavy atom. The van der Waals surface area contributed by atoms with Crippen molar-refractivity contribution in [2.24, 2.45) is 0 Å². The SMILES string of the molecule is CNC(=O)NC(=O)COC(=O)c1csc(-c2cccs2)n1. The number of hydrogen-bond acceptors (Lipinski definition) is 7. The van der Waals surface area contributed by atoms with E-state index in [1.54, 1.807) is 5.38 Å². The van der Waals surface area contributed by atoms with Crippen molar-refractivity contribution in [1.29, 1.82) is 0 Å². The maximum Gasteiger partial charge on any atom is 0.358 e. The van der Waals surface area contributed by atoms with Crippen LogP contribution in [-0.2, 0) is 9.53 Å². The van der Waals surface area contributed by atoms with Gasteiger partial charge in [0.2, 0.25) is 0 Å². The first-order chi connectivity index (χ1) is 10.1. The molecule has 0 atom stereocenters. The van der Waals surface area contributed by atoms with Gasteiger partial charge in [0, 0.05) is 12.4 Å². The summed E-state index contributed by atoms with van der Waals surface area (Å²) in [5.41, 5.74) is 0.135. The molecule has 7 nitrogen and oxygen atoms in total. The summed E-state index contributed by atoms with van der Waals surface area (Å²) in [7, 11) is 1.37. The second-order valence-corrected chi connectivity index (χ2v) is 5.52. The topological polar surface area (TPSA) is 97.4 Å². The zero-order chi connectivity index (χ0) is 15.2. The van der Waals surface area contributed by atoms with Crippen LogP contribution in [-0.4, -0.2) is 36.5 Å². The van der Waals surface area contributed by atoms with E-state index in [0.717, 1.165) is 4.88 Å². The van der Waals surface area contributed by atoms with Crippen molar-refractivity contribution in [2.75, 3.05) is 13.7 Å². The highest BCUT2D eigenvalue weighted by Gasteiger charge is 2.15. The molecular formula is C12H11N3O4S2. The summed E-state index contributed by atoms with van der Waals surface area (Å²) in [5, 5.41) is 8.39. The predicted molar refractivity (Wildman–Crippen MR) is 78.3 cm³/mol. The van der Waals surface area contributed by atoms with Crippen molar-refractivity contribution in [3.63, 3.8) is 0 Å². The zero-order valence-corrected chi connectivity index (χ0v) is 12.5. The fourth-order valence-corrected chi connectivity index (χ4v) is 2.91. The second kappa shape index (κ2) is 6.95. The highest BCUT2D eigenvalue weighted by molar-refractivity contribution is 7.20. The molecule has 110 valence electrons. The number of aromatic nitrogens is 1. The van der Waals surface area contributed by atoms with Crippen LogP contribution in [0.4, 0.5) is 4.79 Å². The van der Waals surface area contributed by atoms with Crippen LogP contribution in [0, 0.1) is 0 Å². The maximum absolute atomic E-state index is 11.7. The average molecular weight is 325 g/mol. The first-order valence-electron chi connectivity index (χ1n) is 5.78. The second-order valence-electron chi connectivity index (χ2n) is 3.72. The summed E-state index contributed by atoms with van der Waals surface area (Å²) in [4.78, 5) is 39.0. The van der Waals surface area contributed by atoms with Gasteiger partial charge in [-0.05, 0) is 11.4 Å². The molecule has 0 radical (unpaired) electrons. The molecule has 0 aromatic carbocycles. The van der Waals surface area contributed by atoms with Crippen LogP contribution in [0.2, 0.25) is 0 Å². The fourth-order valence-electron chi connectivity index (χ4n) is 1.31. The molecular weight excluding hydrogens is 314 g/mol. The third-order valence-corrected chi connectivity index (χ3v) is 4.14. The molecule has 0 aliphatic carbocycles. The highest BCUT2D eigenvalue weighted by Crippen LogP contribution is 2.27. The number of esters is 1. The number of nitrogens with zero attached hydrogens (tertiary/aromatic N) is 1. The van der Waals surface area contributed by atoms with Crippen molar-refractivity contribution >= 4 is 40.6 Å². The van der Waals surface area contributed by atoms with E-state index < -0.39 is 24.5 Å². The van der Waals surface area contributed by atoms with E-state index in [-0.39, 0.29) is 5.69 Å². The summed E-state index contributed by atoms with van der Waals surface area (Å²) >= 11 is 2.83. The molecule has 2 N–H and O–H groups in total. The third kappa shape index (κ3) is 4.10. The quantitative estimate of drug-likeness (QED) is 0.830. The standard InChI is InChI=1S/C12H11N3O4S2/c1-13-12(18)15-9(16)5-19-11(17)7-6-21-10(14-7)8-3-2-4-20-8/h2-4,6H,5H2,1H3,(H2,13,15,16,18). The third-order valence-electron chi connectivity index (χ3n) is 2.26. The van der Waals surface area contributed by atoms with E-state index in [4.69, 9.17) is 4.74 Å². The summed E-state index contributed by atoms with van der Waals surface area (Å²) in [6.07, 6.45) is 0. The molecule has 0 saturated carbocycles. The molecule has 0 unspecified atom stereocenters. The number of imide groups is 1. The van der Waals surface area contributed by atoms with Crippen LogP contribution < -0.4 is 10.6 Å². The molecule has 0 fully saturated rings. The molecule has 3 amide bonds. The van der Waals surface area contributed by atoms with Gasteiger partial charge in [-0.1, -0.05) is 6.07 Å². The fraction of sp³-hybridized carbons (Fsp3) is 0.167. The van der Waals surface area contributed by atoms with E-state index in [1.165, 1.54) is 29.7 Å². The normalized spacial score (nSPS) is 9.95.